The molecule has 1 aliphatic rings. The summed E-state index contributed by atoms with van der Waals surface area (Å²) in [7, 11) is 2.15. The van der Waals surface area contributed by atoms with Crippen LogP contribution in [0.1, 0.15) is 35.2 Å². The Bertz CT molecular complexity index is 466. The van der Waals surface area contributed by atoms with E-state index in [0.29, 0.717) is 18.0 Å². The van der Waals surface area contributed by atoms with Gasteiger partial charge in [0.2, 0.25) is 0 Å². The summed E-state index contributed by atoms with van der Waals surface area (Å²) in [5.41, 5.74) is 1.34. The van der Waals surface area contributed by atoms with Crippen LogP contribution in [0.2, 0.25) is 0 Å². The molecule has 1 amide bonds. The number of phenols is 1. The molecule has 2 rings (SSSR count). The van der Waals surface area contributed by atoms with Crippen LogP contribution in [-0.2, 0) is 0 Å². The van der Waals surface area contributed by atoms with Crippen LogP contribution in [0.5, 0.6) is 5.75 Å². The second-order valence-corrected chi connectivity index (χ2v) is 5.81. The molecule has 4 nitrogen and oxygen atoms in total. The van der Waals surface area contributed by atoms with Crippen molar-refractivity contribution in [3.8, 4) is 5.75 Å². The van der Waals surface area contributed by atoms with Gasteiger partial charge in [0.1, 0.15) is 5.75 Å². The smallest absolute Gasteiger partial charge is 0.255 e. The molecule has 1 fully saturated rings. The van der Waals surface area contributed by atoms with E-state index < -0.39 is 0 Å². The Morgan fingerprint density at radius 2 is 2.10 bits per heavy atom. The molecule has 0 bridgehead atoms. The van der Waals surface area contributed by atoms with Crippen LogP contribution in [-0.4, -0.2) is 42.6 Å². The lowest BCUT2D eigenvalue weighted by Gasteiger charge is -2.28. The molecule has 4 heteroatoms. The lowest BCUT2D eigenvalue weighted by Crippen LogP contribution is -2.32. The van der Waals surface area contributed by atoms with Crippen molar-refractivity contribution in [2.24, 2.45) is 5.92 Å². The topological polar surface area (TPSA) is 52.6 Å². The molecule has 1 saturated heterocycles. The number of piperidine rings is 1. The summed E-state index contributed by atoms with van der Waals surface area (Å²) in [5.74, 6) is 0.573. The van der Waals surface area contributed by atoms with Crippen LogP contribution in [0.15, 0.2) is 18.2 Å². The van der Waals surface area contributed by atoms with Crippen LogP contribution in [0, 0.1) is 12.8 Å². The molecule has 1 aliphatic heterocycles. The third kappa shape index (κ3) is 3.97. The van der Waals surface area contributed by atoms with E-state index >= 15 is 0 Å². The highest BCUT2D eigenvalue weighted by Crippen LogP contribution is 2.20. The van der Waals surface area contributed by atoms with Gasteiger partial charge in [-0.15, -0.1) is 0 Å². The molecule has 1 heterocycles. The number of aryl methyl sites for hydroxylation is 1. The normalized spacial score (nSPS) is 17.1. The Morgan fingerprint density at radius 1 is 1.40 bits per heavy atom. The fourth-order valence-corrected chi connectivity index (χ4v) is 2.67. The van der Waals surface area contributed by atoms with Gasteiger partial charge in [0.05, 0.1) is 5.56 Å². The summed E-state index contributed by atoms with van der Waals surface area (Å²) < 4.78 is 0. The fraction of sp³-hybridized carbons (Fsp3) is 0.562. The summed E-state index contributed by atoms with van der Waals surface area (Å²) in [6, 6.07) is 5.09. The second kappa shape index (κ2) is 6.75. The highest BCUT2D eigenvalue weighted by molar-refractivity contribution is 5.96. The van der Waals surface area contributed by atoms with E-state index in [4.69, 9.17) is 0 Å². The van der Waals surface area contributed by atoms with Crippen molar-refractivity contribution >= 4 is 5.91 Å². The first-order chi connectivity index (χ1) is 9.56. The number of amides is 1. The first-order valence-corrected chi connectivity index (χ1v) is 7.32. The minimum absolute atomic E-state index is 0.0485. The van der Waals surface area contributed by atoms with Crippen molar-refractivity contribution in [1.82, 2.24) is 10.2 Å². The molecular weight excluding hydrogens is 252 g/mol. The Labute approximate surface area is 120 Å². The molecule has 110 valence electrons. The number of carbonyl (C=O) groups excluding carboxylic acids is 1. The maximum absolute atomic E-state index is 12.0. The molecule has 0 saturated carbocycles. The number of hydrogen-bond donors (Lipinski definition) is 2. The summed E-state index contributed by atoms with van der Waals surface area (Å²) in [4.78, 5) is 14.4. The standard InChI is InChI=1S/C16H24N2O2/c1-12-3-4-15(19)14(11-12)16(20)17-8-5-13-6-9-18(2)10-7-13/h3-4,11,13,19H,5-10H2,1-2H3,(H,17,20). The van der Waals surface area contributed by atoms with Crippen molar-refractivity contribution in [3.05, 3.63) is 29.3 Å². The summed E-state index contributed by atoms with van der Waals surface area (Å²) in [6.07, 6.45) is 3.44. The van der Waals surface area contributed by atoms with Crippen molar-refractivity contribution in [2.75, 3.05) is 26.7 Å². The predicted octanol–water partition coefficient (Wildman–Crippen LogP) is 2.16. The molecule has 0 radical (unpaired) electrons. The van der Waals surface area contributed by atoms with Crippen LogP contribution >= 0.6 is 0 Å². The molecule has 1 aromatic rings. The molecule has 0 spiro atoms. The minimum atomic E-state index is -0.181. The number of carbonyl (C=O) groups is 1. The van der Waals surface area contributed by atoms with E-state index in [2.05, 4.69) is 17.3 Å². The van der Waals surface area contributed by atoms with Gasteiger partial charge < -0.3 is 15.3 Å². The van der Waals surface area contributed by atoms with E-state index in [0.717, 1.165) is 25.1 Å². The number of hydrogen-bond acceptors (Lipinski definition) is 3. The number of nitrogens with one attached hydrogen (secondary N) is 1. The van der Waals surface area contributed by atoms with Gasteiger partial charge in [-0.3, -0.25) is 4.79 Å². The van der Waals surface area contributed by atoms with E-state index in [1.54, 1.807) is 18.2 Å². The minimum Gasteiger partial charge on any atom is -0.507 e. The van der Waals surface area contributed by atoms with Gasteiger partial charge in [0.25, 0.3) is 5.91 Å². The number of nitrogens with zero attached hydrogens (tertiary/aromatic N) is 1. The number of phenolic OH excluding ortho intramolecular Hbond substituents is 1. The van der Waals surface area contributed by atoms with Crippen LogP contribution < -0.4 is 5.32 Å². The number of likely N-dealkylation sites (tertiary alicyclic amines) is 1. The summed E-state index contributed by atoms with van der Waals surface area (Å²) >= 11 is 0. The van der Waals surface area contributed by atoms with Gasteiger partial charge in [-0.1, -0.05) is 11.6 Å². The van der Waals surface area contributed by atoms with Gasteiger partial charge in [0, 0.05) is 6.54 Å². The zero-order chi connectivity index (χ0) is 14.5. The quantitative estimate of drug-likeness (QED) is 0.886. The highest BCUT2D eigenvalue weighted by atomic mass is 16.3. The zero-order valence-electron chi connectivity index (χ0n) is 12.4. The van der Waals surface area contributed by atoms with E-state index in [9.17, 15) is 9.90 Å². The average molecular weight is 276 g/mol. The largest absolute Gasteiger partial charge is 0.507 e. The first-order valence-electron chi connectivity index (χ1n) is 7.32. The average Bonchev–Trinajstić information content (AvgIpc) is 2.43. The van der Waals surface area contributed by atoms with E-state index in [-0.39, 0.29) is 11.7 Å². The van der Waals surface area contributed by atoms with Crippen LogP contribution in [0.25, 0.3) is 0 Å². The molecule has 2 N–H and O–H groups in total. The molecule has 1 aromatic carbocycles. The number of benzene rings is 1. The van der Waals surface area contributed by atoms with Gasteiger partial charge in [-0.2, -0.15) is 0 Å². The molecule has 20 heavy (non-hydrogen) atoms. The van der Waals surface area contributed by atoms with Gasteiger partial charge in [-0.05, 0) is 64.4 Å². The number of aromatic hydroxyl groups is 1. The Hall–Kier alpha value is -1.55. The molecule has 0 unspecified atom stereocenters. The summed E-state index contributed by atoms with van der Waals surface area (Å²) in [5, 5.41) is 12.6. The van der Waals surface area contributed by atoms with Crippen molar-refractivity contribution in [1.29, 1.82) is 0 Å². The Balaban J connectivity index is 1.79. The molecule has 0 atom stereocenters. The monoisotopic (exact) mass is 276 g/mol. The van der Waals surface area contributed by atoms with Gasteiger partial charge >= 0.3 is 0 Å². The van der Waals surface area contributed by atoms with E-state index in [1.165, 1.54) is 12.8 Å². The highest BCUT2D eigenvalue weighted by Gasteiger charge is 2.17. The summed E-state index contributed by atoms with van der Waals surface area (Å²) in [6.45, 7) is 4.89. The van der Waals surface area contributed by atoms with Crippen molar-refractivity contribution in [2.45, 2.75) is 26.2 Å². The van der Waals surface area contributed by atoms with Gasteiger partial charge in [-0.25, -0.2) is 0 Å². The maximum Gasteiger partial charge on any atom is 0.255 e. The second-order valence-electron chi connectivity index (χ2n) is 5.81. The van der Waals surface area contributed by atoms with E-state index in [1.807, 2.05) is 6.92 Å². The fourth-order valence-electron chi connectivity index (χ4n) is 2.67. The van der Waals surface area contributed by atoms with Gasteiger partial charge in [0.15, 0.2) is 0 Å². The zero-order valence-corrected chi connectivity index (χ0v) is 12.4. The number of rotatable bonds is 4. The lowest BCUT2D eigenvalue weighted by atomic mass is 9.94. The first kappa shape index (κ1) is 14.9. The molecular formula is C16H24N2O2. The maximum atomic E-state index is 12.0. The van der Waals surface area contributed by atoms with Crippen LogP contribution in [0.4, 0.5) is 0 Å². The SMILES string of the molecule is Cc1ccc(O)c(C(=O)NCCC2CCN(C)CC2)c1. The van der Waals surface area contributed by atoms with Crippen LogP contribution in [0.3, 0.4) is 0 Å². The van der Waals surface area contributed by atoms with Crippen molar-refractivity contribution < 1.29 is 9.90 Å². The third-order valence-electron chi connectivity index (χ3n) is 4.07. The third-order valence-corrected chi connectivity index (χ3v) is 4.07. The van der Waals surface area contributed by atoms with Crippen molar-refractivity contribution in [3.63, 3.8) is 0 Å². The molecule has 0 aromatic heterocycles. The lowest BCUT2D eigenvalue weighted by molar-refractivity contribution is 0.0946. The molecule has 0 aliphatic carbocycles. The predicted molar refractivity (Wildman–Crippen MR) is 80.0 cm³/mol. The Kier molecular flexibility index (Phi) is 5.01. The Morgan fingerprint density at radius 3 is 2.80 bits per heavy atom.